The molecule has 1 aliphatic rings. The van der Waals surface area contributed by atoms with Crippen molar-refractivity contribution in [2.45, 2.75) is 43.5 Å². The van der Waals surface area contributed by atoms with Crippen LogP contribution in [-0.4, -0.2) is 64.3 Å². The molecule has 6 heteroatoms. The van der Waals surface area contributed by atoms with Crippen LogP contribution >= 0.6 is 0 Å². The van der Waals surface area contributed by atoms with Crippen molar-refractivity contribution in [3.63, 3.8) is 0 Å². The van der Waals surface area contributed by atoms with Gasteiger partial charge < -0.3 is 29.9 Å². The van der Waals surface area contributed by atoms with E-state index in [0.29, 0.717) is 6.61 Å². The van der Waals surface area contributed by atoms with Crippen molar-refractivity contribution in [2.24, 2.45) is 0 Å². The number of hydrogen-bond acceptors (Lipinski definition) is 6. The zero-order valence-corrected chi connectivity index (χ0v) is 9.60. The summed E-state index contributed by atoms with van der Waals surface area (Å²) in [5, 5.41) is 37.6. The van der Waals surface area contributed by atoms with Gasteiger partial charge in [0, 0.05) is 0 Å². The van der Waals surface area contributed by atoms with E-state index in [1.54, 1.807) is 6.08 Å². The molecule has 5 atom stereocenters. The molecule has 4 N–H and O–H groups in total. The molecule has 1 rings (SSSR count). The van der Waals surface area contributed by atoms with Gasteiger partial charge >= 0.3 is 0 Å². The number of allylic oxidation sites excluding steroid dienone is 1. The maximum absolute atomic E-state index is 9.62. The molecule has 0 aromatic heterocycles. The van der Waals surface area contributed by atoms with E-state index < -0.39 is 37.3 Å². The number of rotatable bonds is 6. The lowest BCUT2D eigenvalue weighted by Crippen LogP contribution is -2.59. The summed E-state index contributed by atoms with van der Waals surface area (Å²) in [4.78, 5) is 0. The second-order valence-electron chi connectivity index (χ2n) is 4.00. The Bertz CT molecular complexity index is 232. The van der Waals surface area contributed by atoms with E-state index in [1.807, 2.05) is 0 Å². The monoisotopic (exact) mass is 248 g/mol. The van der Waals surface area contributed by atoms with Crippen LogP contribution in [0.2, 0.25) is 0 Å². The second kappa shape index (κ2) is 7.05. The molecule has 1 aliphatic heterocycles. The zero-order valence-electron chi connectivity index (χ0n) is 9.60. The summed E-state index contributed by atoms with van der Waals surface area (Å²) in [5.74, 6) is 0. The van der Waals surface area contributed by atoms with E-state index in [9.17, 15) is 15.3 Å². The quantitative estimate of drug-likeness (QED) is 0.347. The Kier molecular flexibility index (Phi) is 6.04. The molecule has 6 nitrogen and oxygen atoms in total. The number of aliphatic hydroxyl groups is 4. The van der Waals surface area contributed by atoms with Gasteiger partial charge in [0.05, 0.1) is 13.2 Å². The normalized spacial score (nSPS) is 38.0. The van der Waals surface area contributed by atoms with Crippen LogP contribution in [0.25, 0.3) is 0 Å². The van der Waals surface area contributed by atoms with Crippen molar-refractivity contribution in [1.29, 1.82) is 0 Å². The summed E-state index contributed by atoms with van der Waals surface area (Å²) in [7, 11) is 0. The Hall–Kier alpha value is -0.500. The van der Waals surface area contributed by atoms with E-state index >= 15 is 0 Å². The fourth-order valence-electron chi connectivity index (χ4n) is 1.63. The van der Waals surface area contributed by atoms with Gasteiger partial charge in [-0.2, -0.15) is 0 Å². The van der Waals surface area contributed by atoms with Gasteiger partial charge in [0.1, 0.15) is 24.4 Å². The first-order valence-electron chi connectivity index (χ1n) is 5.64. The fraction of sp³-hybridized carbons (Fsp3) is 0.818. The van der Waals surface area contributed by atoms with Gasteiger partial charge in [-0.3, -0.25) is 0 Å². The van der Waals surface area contributed by atoms with Gasteiger partial charge in [0.15, 0.2) is 6.29 Å². The molecule has 0 saturated carbocycles. The lowest BCUT2D eigenvalue weighted by Gasteiger charge is -2.39. The highest BCUT2D eigenvalue weighted by atomic mass is 16.7. The van der Waals surface area contributed by atoms with Crippen molar-refractivity contribution >= 4 is 0 Å². The van der Waals surface area contributed by atoms with Gasteiger partial charge in [-0.05, 0) is 12.8 Å². The molecule has 17 heavy (non-hydrogen) atoms. The molecule has 0 bridgehead atoms. The highest BCUT2D eigenvalue weighted by molar-refractivity contribution is 4.88. The van der Waals surface area contributed by atoms with Crippen molar-refractivity contribution in [3.05, 3.63) is 12.7 Å². The van der Waals surface area contributed by atoms with Crippen molar-refractivity contribution in [2.75, 3.05) is 13.2 Å². The van der Waals surface area contributed by atoms with E-state index in [0.717, 1.165) is 12.8 Å². The Morgan fingerprint density at radius 3 is 2.47 bits per heavy atom. The fourth-order valence-corrected chi connectivity index (χ4v) is 1.63. The van der Waals surface area contributed by atoms with E-state index in [2.05, 4.69) is 6.58 Å². The molecule has 1 heterocycles. The highest BCUT2D eigenvalue weighted by Crippen LogP contribution is 2.21. The second-order valence-corrected chi connectivity index (χ2v) is 4.00. The molecule has 0 aromatic rings. The first-order valence-corrected chi connectivity index (χ1v) is 5.64. The third-order valence-corrected chi connectivity index (χ3v) is 2.68. The van der Waals surface area contributed by atoms with Crippen LogP contribution in [0, 0.1) is 0 Å². The predicted octanol–water partition coefficient (Wildman–Crippen LogP) is -1.23. The third kappa shape index (κ3) is 3.74. The van der Waals surface area contributed by atoms with Crippen LogP contribution in [0.15, 0.2) is 12.7 Å². The Labute approximate surface area is 100 Å². The van der Waals surface area contributed by atoms with E-state index in [1.165, 1.54) is 0 Å². The zero-order chi connectivity index (χ0) is 12.8. The van der Waals surface area contributed by atoms with E-state index in [4.69, 9.17) is 14.6 Å². The number of hydrogen-bond donors (Lipinski definition) is 4. The average Bonchev–Trinajstić information content (AvgIpc) is 2.34. The minimum atomic E-state index is -1.38. The molecular formula is C11H20O6. The summed E-state index contributed by atoms with van der Waals surface area (Å²) in [5.41, 5.74) is 0. The van der Waals surface area contributed by atoms with Gasteiger partial charge in [0.25, 0.3) is 0 Å². The predicted molar refractivity (Wildman–Crippen MR) is 59.2 cm³/mol. The van der Waals surface area contributed by atoms with Crippen molar-refractivity contribution in [3.8, 4) is 0 Å². The lowest BCUT2D eigenvalue weighted by molar-refractivity contribution is -0.301. The minimum Gasteiger partial charge on any atom is -0.394 e. The van der Waals surface area contributed by atoms with Gasteiger partial charge in [-0.15, -0.1) is 6.58 Å². The van der Waals surface area contributed by atoms with Crippen LogP contribution in [0.4, 0.5) is 0 Å². The average molecular weight is 248 g/mol. The Balaban J connectivity index is 2.44. The van der Waals surface area contributed by atoms with Crippen molar-refractivity contribution < 1.29 is 29.9 Å². The summed E-state index contributed by atoms with van der Waals surface area (Å²) in [6.45, 7) is 3.46. The molecule has 100 valence electrons. The van der Waals surface area contributed by atoms with Crippen LogP contribution < -0.4 is 0 Å². The molecule has 1 saturated heterocycles. The van der Waals surface area contributed by atoms with Gasteiger partial charge in [-0.25, -0.2) is 0 Å². The summed E-state index contributed by atoms with van der Waals surface area (Å²) >= 11 is 0. The van der Waals surface area contributed by atoms with E-state index in [-0.39, 0.29) is 0 Å². The minimum absolute atomic E-state index is 0.342. The molecule has 1 fully saturated rings. The summed E-state index contributed by atoms with van der Waals surface area (Å²) in [6, 6.07) is 0. The molecule has 0 aliphatic carbocycles. The third-order valence-electron chi connectivity index (χ3n) is 2.68. The van der Waals surface area contributed by atoms with Crippen LogP contribution in [0.5, 0.6) is 0 Å². The van der Waals surface area contributed by atoms with Crippen LogP contribution in [0.3, 0.4) is 0 Å². The Morgan fingerprint density at radius 2 is 1.88 bits per heavy atom. The molecule has 0 radical (unpaired) electrons. The van der Waals surface area contributed by atoms with Crippen LogP contribution in [0.1, 0.15) is 12.8 Å². The molecular weight excluding hydrogens is 228 g/mol. The number of aliphatic hydroxyl groups excluding tert-OH is 4. The molecule has 0 spiro atoms. The topological polar surface area (TPSA) is 99.4 Å². The summed E-state index contributed by atoms with van der Waals surface area (Å²) in [6.07, 6.45) is -2.76. The first kappa shape index (κ1) is 14.6. The number of ether oxygens (including phenoxy) is 2. The maximum Gasteiger partial charge on any atom is 0.186 e. The van der Waals surface area contributed by atoms with Crippen molar-refractivity contribution in [1.82, 2.24) is 0 Å². The number of unbranched alkanes of at least 4 members (excludes halogenated alkanes) is 1. The van der Waals surface area contributed by atoms with Gasteiger partial charge in [-0.1, -0.05) is 6.08 Å². The smallest absolute Gasteiger partial charge is 0.186 e. The molecule has 4 unspecified atom stereocenters. The SMILES string of the molecule is C=CCCCOC1OC(CO)C(O)[C@H](O)C1O. The van der Waals surface area contributed by atoms with Crippen LogP contribution in [-0.2, 0) is 9.47 Å². The van der Waals surface area contributed by atoms with Gasteiger partial charge in [0.2, 0.25) is 0 Å². The Morgan fingerprint density at radius 1 is 1.18 bits per heavy atom. The molecule has 0 amide bonds. The largest absolute Gasteiger partial charge is 0.394 e. The maximum atomic E-state index is 9.62. The highest BCUT2D eigenvalue weighted by Gasteiger charge is 2.43. The molecule has 0 aromatic carbocycles. The lowest BCUT2D eigenvalue weighted by atomic mass is 9.99. The standard InChI is InChI=1S/C11H20O6/c1-2-3-4-5-16-11-10(15)9(14)8(13)7(6-12)17-11/h2,7-15H,1,3-6H2/t7?,8?,9-,10?,11?/m0/s1. The summed E-state index contributed by atoms with van der Waals surface area (Å²) < 4.78 is 10.4. The first-order chi connectivity index (χ1) is 8.11.